The largest absolute Gasteiger partial charge is 0.497 e. The number of nitrogens with two attached hydrogens (primary N) is 1. The van der Waals surface area contributed by atoms with Crippen molar-refractivity contribution in [1.82, 2.24) is 9.55 Å². The van der Waals surface area contributed by atoms with E-state index in [0.29, 0.717) is 0 Å². The van der Waals surface area contributed by atoms with Crippen molar-refractivity contribution < 1.29 is 4.74 Å². The molecule has 1 atom stereocenters. The number of rotatable bonds is 3. The van der Waals surface area contributed by atoms with Crippen LogP contribution in [-0.4, -0.2) is 16.7 Å². The summed E-state index contributed by atoms with van der Waals surface area (Å²) < 4.78 is 7.45. The van der Waals surface area contributed by atoms with Gasteiger partial charge in [-0.25, -0.2) is 4.98 Å². The fraction of sp³-hybridized carbons (Fsp3) is 0.400. The molecule has 3 rings (SSSR count). The molecule has 19 heavy (non-hydrogen) atoms. The normalized spacial score (nSPS) is 18.1. The highest BCUT2D eigenvalue weighted by molar-refractivity contribution is 5.29. The van der Waals surface area contributed by atoms with Crippen LogP contribution in [-0.2, 0) is 13.0 Å². The number of nitrogens with zero attached hydrogens (tertiary/aromatic N) is 2. The minimum absolute atomic E-state index is 0.144. The van der Waals surface area contributed by atoms with Gasteiger partial charge in [-0.2, -0.15) is 0 Å². The summed E-state index contributed by atoms with van der Waals surface area (Å²) in [5.41, 5.74) is 8.53. The fourth-order valence-electron chi connectivity index (χ4n) is 2.67. The molecule has 0 radical (unpaired) electrons. The Morgan fingerprint density at radius 2 is 2.16 bits per heavy atom. The van der Waals surface area contributed by atoms with E-state index in [4.69, 9.17) is 10.5 Å². The Bertz CT molecular complexity index is 559. The summed E-state index contributed by atoms with van der Waals surface area (Å²) in [4.78, 5) is 4.54. The van der Waals surface area contributed by atoms with Crippen LogP contribution in [0.2, 0.25) is 0 Å². The van der Waals surface area contributed by atoms with Gasteiger partial charge in [0.15, 0.2) is 0 Å². The molecule has 0 amide bonds. The first-order valence-corrected chi connectivity index (χ1v) is 6.71. The van der Waals surface area contributed by atoms with E-state index in [9.17, 15) is 0 Å². The Kier molecular flexibility index (Phi) is 3.25. The van der Waals surface area contributed by atoms with E-state index in [-0.39, 0.29) is 6.04 Å². The van der Waals surface area contributed by atoms with Gasteiger partial charge in [-0.05, 0) is 30.5 Å². The van der Waals surface area contributed by atoms with E-state index in [2.05, 4.69) is 21.7 Å². The molecule has 1 unspecified atom stereocenters. The topological polar surface area (TPSA) is 53.1 Å². The number of hydrogen-bond donors (Lipinski definition) is 1. The maximum atomic E-state index is 6.11. The van der Waals surface area contributed by atoms with E-state index >= 15 is 0 Å². The molecule has 0 bridgehead atoms. The summed E-state index contributed by atoms with van der Waals surface area (Å²) in [7, 11) is 1.68. The minimum Gasteiger partial charge on any atom is -0.497 e. The molecule has 0 saturated heterocycles. The summed E-state index contributed by atoms with van der Waals surface area (Å²) in [6.45, 7) is 1.04. The fourth-order valence-corrected chi connectivity index (χ4v) is 2.67. The Hall–Kier alpha value is -1.81. The first-order chi connectivity index (χ1) is 9.28. The van der Waals surface area contributed by atoms with E-state index in [0.717, 1.165) is 37.4 Å². The molecule has 4 nitrogen and oxygen atoms in total. The lowest BCUT2D eigenvalue weighted by atomic mass is 10.1. The van der Waals surface area contributed by atoms with Crippen LogP contribution in [0.25, 0.3) is 0 Å². The Balaban J connectivity index is 1.83. The third kappa shape index (κ3) is 2.36. The van der Waals surface area contributed by atoms with Gasteiger partial charge < -0.3 is 15.0 Å². The summed E-state index contributed by atoms with van der Waals surface area (Å²) in [5, 5.41) is 0. The number of imidazole rings is 1. The van der Waals surface area contributed by atoms with Crippen molar-refractivity contribution in [2.24, 2.45) is 5.73 Å². The zero-order valence-electron chi connectivity index (χ0n) is 11.2. The first kappa shape index (κ1) is 12.2. The minimum atomic E-state index is 0.144. The van der Waals surface area contributed by atoms with Gasteiger partial charge in [0.1, 0.15) is 11.6 Å². The van der Waals surface area contributed by atoms with E-state index in [1.165, 1.54) is 11.3 Å². The summed E-state index contributed by atoms with van der Waals surface area (Å²) in [6, 6.07) is 8.29. The van der Waals surface area contributed by atoms with Crippen LogP contribution in [0.15, 0.2) is 30.5 Å². The van der Waals surface area contributed by atoms with Gasteiger partial charge in [0.05, 0.1) is 19.0 Å². The van der Waals surface area contributed by atoms with Gasteiger partial charge in [0, 0.05) is 19.0 Å². The van der Waals surface area contributed by atoms with Gasteiger partial charge in [-0.1, -0.05) is 12.1 Å². The van der Waals surface area contributed by atoms with Crippen LogP contribution in [0, 0.1) is 0 Å². The second-order valence-corrected chi connectivity index (χ2v) is 5.02. The van der Waals surface area contributed by atoms with Gasteiger partial charge in [0.2, 0.25) is 0 Å². The second kappa shape index (κ2) is 5.05. The average Bonchev–Trinajstić information content (AvgIpc) is 2.84. The standard InChI is InChI=1S/C15H19N3O/c1-19-12-6-4-11(5-7-12)9-15-17-10-14-13(16)3-2-8-18(14)15/h4-7,10,13H,2-3,8-9,16H2,1H3. The second-order valence-electron chi connectivity index (χ2n) is 5.02. The van der Waals surface area contributed by atoms with Crippen LogP contribution in [0.5, 0.6) is 5.75 Å². The lowest BCUT2D eigenvalue weighted by Gasteiger charge is -2.22. The molecule has 1 aliphatic rings. The number of aromatic nitrogens is 2. The number of fused-ring (bicyclic) bond motifs is 1. The van der Waals surface area contributed by atoms with Crippen molar-refractivity contribution in [3.05, 3.63) is 47.5 Å². The van der Waals surface area contributed by atoms with Crippen LogP contribution in [0.4, 0.5) is 0 Å². The summed E-state index contributed by atoms with van der Waals surface area (Å²) >= 11 is 0. The molecule has 100 valence electrons. The lowest BCUT2D eigenvalue weighted by Crippen LogP contribution is -2.22. The predicted molar refractivity (Wildman–Crippen MR) is 74.2 cm³/mol. The molecule has 2 N–H and O–H groups in total. The maximum absolute atomic E-state index is 6.11. The highest BCUT2D eigenvalue weighted by Crippen LogP contribution is 2.25. The van der Waals surface area contributed by atoms with E-state index in [1.807, 2.05) is 18.3 Å². The Labute approximate surface area is 113 Å². The molecular formula is C15H19N3O. The molecule has 0 saturated carbocycles. The number of ether oxygens (including phenoxy) is 1. The molecular weight excluding hydrogens is 238 g/mol. The molecule has 4 heteroatoms. The summed E-state index contributed by atoms with van der Waals surface area (Å²) in [6.07, 6.45) is 4.98. The van der Waals surface area contributed by atoms with Gasteiger partial charge in [-0.3, -0.25) is 0 Å². The zero-order chi connectivity index (χ0) is 13.2. The lowest BCUT2D eigenvalue weighted by molar-refractivity contribution is 0.414. The number of benzene rings is 1. The smallest absolute Gasteiger partial charge is 0.118 e. The predicted octanol–water partition coefficient (Wildman–Crippen LogP) is 2.28. The van der Waals surface area contributed by atoms with Crippen molar-refractivity contribution in [3.63, 3.8) is 0 Å². The Morgan fingerprint density at radius 3 is 2.89 bits per heavy atom. The number of methoxy groups -OCH3 is 1. The van der Waals surface area contributed by atoms with Crippen molar-refractivity contribution >= 4 is 0 Å². The molecule has 0 spiro atoms. The van der Waals surface area contributed by atoms with Crippen molar-refractivity contribution in [2.45, 2.75) is 31.8 Å². The van der Waals surface area contributed by atoms with Gasteiger partial charge in [0.25, 0.3) is 0 Å². The highest BCUT2D eigenvalue weighted by Gasteiger charge is 2.20. The SMILES string of the molecule is COc1ccc(Cc2ncc3n2CCCC3N)cc1. The summed E-state index contributed by atoms with van der Waals surface area (Å²) in [5.74, 6) is 1.99. The van der Waals surface area contributed by atoms with E-state index in [1.54, 1.807) is 7.11 Å². The van der Waals surface area contributed by atoms with E-state index < -0.39 is 0 Å². The third-order valence-electron chi connectivity index (χ3n) is 3.77. The van der Waals surface area contributed by atoms with Gasteiger partial charge in [-0.15, -0.1) is 0 Å². The molecule has 2 heterocycles. The van der Waals surface area contributed by atoms with Crippen molar-refractivity contribution in [1.29, 1.82) is 0 Å². The molecule has 0 aliphatic carbocycles. The van der Waals surface area contributed by atoms with Crippen LogP contribution >= 0.6 is 0 Å². The Morgan fingerprint density at radius 1 is 1.37 bits per heavy atom. The molecule has 1 aromatic heterocycles. The van der Waals surface area contributed by atoms with Crippen LogP contribution < -0.4 is 10.5 Å². The first-order valence-electron chi connectivity index (χ1n) is 6.71. The average molecular weight is 257 g/mol. The molecule has 1 aliphatic heterocycles. The molecule has 1 aromatic carbocycles. The maximum Gasteiger partial charge on any atom is 0.118 e. The zero-order valence-corrected chi connectivity index (χ0v) is 11.2. The number of hydrogen-bond acceptors (Lipinski definition) is 3. The quantitative estimate of drug-likeness (QED) is 0.917. The van der Waals surface area contributed by atoms with Crippen molar-refractivity contribution in [3.8, 4) is 5.75 Å². The highest BCUT2D eigenvalue weighted by atomic mass is 16.5. The van der Waals surface area contributed by atoms with Crippen molar-refractivity contribution in [2.75, 3.05) is 7.11 Å². The van der Waals surface area contributed by atoms with Crippen LogP contribution in [0.3, 0.4) is 0 Å². The van der Waals surface area contributed by atoms with Gasteiger partial charge >= 0.3 is 0 Å². The van der Waals surface area contributed by atoms with Crippen LogP contribution in [0.1, 0.15) is 36.0 Å². The monoisotopic (exact) mass is 257 g/mol. The molecule has 0 fully saturated rings. The molecule has 2 aromatic rings. The third-order valence-corrected chi connectivity index (χ3v) is 3.77.